The van der Waals surface area contributed by atoms with Crippen LogP contribution in [0.25, 0.3) is 94.1 Å². The van der Waals surface area contributed by atoms with E-state index >= 15 is 4.39 Å². The molecule has 0 aliphatic rings. The van der Waals surface area contributed by atoms with Crippen molar-refractivity contribution in [2.24, 2.45) is 0 Å². The Morgan fingerprint density at radius 2 is 1.49 bits per heavy atom. The summed E-state index contributed by atoms with van der Waals surface area (Å²) in [5.41, 5.74) is 9.87. The number of rotatable bonds is 6. The van der Waals surface area contributed by atoms with Gasteiger partial charge in [0.2, 0.25) is 5.71 Å². The van der Waals surface area contributed by atoms with Crippen molar-refractivity contribution in [3.8, 4) is 28.3 Å². The largest absolute Gasteiger partial charge is 0.486 e. The van der Waals surface area contributed by atoms with Crippen LogP contribution in [-0.4, -0.2) is 27.6 Å². The molecule has 6 aromatic carbocycles. The minimum Gasteiger partial charge on any atom is -0.486 e. The summed E-state index contributed by atoms with van der Waals surface area (Å²) in [5.74, 6) is -1.11. The molecule has 67 heavy (non-hydrogen) atoms. The Kier molecular flexibility index (Phi) is 10.6. The molecule has 5 aromatic heterocycles. The minimum absolute atomic E-state index is 0. The van der Waals surface area contributed by atoms with Gasteiger partial charge in [0.05, 0.1) is 30.5 Å². The molecule has 11 rings (SSSR count). The molecule has 0 N–H and O–H groups in total. The zero-order chi connectivity index (χ0) is 49.8. The van der Waals surface area contributed by atoms with Crippen LogP contribution in [0.1, 0.15) is 72.9 Å². The fourth-order valence-electron chi connectivity index (χ4n) is 9.11. The van der Waals surface area contributed by atoms with Crippen molar-refractivity contribution in [1.29, 1.82) is 0 Å². The minimum atomic E-state index is -2.38. The summed E-state index contributed by atoms with van der Waals surface area (Å²) in [4.78, 5) is 14.3. The summed E-state index contributed by atoms with van der Waals surface area (Å²) in [5, 5.41) is 6.41. The standard InChI is InChI=1S/C39H27FN3O2.C18H23FNSi.Ir/c1-20(2)30-16-14-26-34-29(40)15-13-27(37(34)45-39(26)42-30)38-41-31-18-23-9-5-6-10-24(23)19-32(31)43(38)35-21(3)17-28-25-11-7-8-12-33(25)44-36(28)22(35)4;1-12(2)15-10-17(20-11-18(15)21(4,5)6)14-8-7-13(3)9-16(14)19;/h5-12,14-20H,1-4H3;7,9-12H,1-6H3;/q2*-1;/i;3D3,12D;. The molecule has 11 aromatic rings. The van der Waals surface area contributed by atoms with Crippen molar-refractivity contribution in [3.63, 3.8) is 0 Å². The van der Waals surface area contributed by atoms with Gasteiger partial charge in [0, 0.05) is 76.5 Å². The number of halogens is 2. The molecular formula is C57H50F2IrN4O2Si-2. The van der Waals surface area contributed by atoms with E-state index in [-0.39, 0.29) is 37.2 Å². The van der Waals surface area contributed by atoms with Crippen LogP contribution in [0, 0.1) is 44.5 Å². The van der Waals surface area contributed by atoms with Gasteiger partial charge in [-0.2, -0.15) is 0 Å². The van der Waals surface area contributed by atoms with E-state index in [9.17, 15) is 4.39 Å². The number of furan rings is 2. The van der Waals surface area contributed by atoms with E-state index in [0.29, 0.717) is 39.2 Å². The van der Waals surface area contributed by atoms with E-state index in [0.717, 1.165) is 83.1 Å². The van der Waals surface area contributed by atoms with Gasteiger partial charge in [-0.25, -0.2) is 4.98 Å². The van der Waals surface area contributed by atoms with Gasteiger partial charge in [-0.05, 0) is 94.7 Å². The average molecular weight is 1090 g/mol. The van der Waals surface area contributed by atoms with E-state index < -0.39 is 32.5 Å². The Balaban J connectivity index is 0.000000206. The number of hydrogen-bond donors (Lipinski definition) is 0. The van der Waals surface area contributed by atoms with E-state index in [2.05, 4.69) is 105 Å². The molecule has 0 unspecified atom stereocenters. The maximum atomic E-state index is 15.6. The number of imidazole rings is 1. The van der Waals surface area contributed by atoms with E-state index in [1.807, 2.05) is 42.5 Å². The number of benzene rings is 6. The molecule has 6 nitrogen and oxygen atoms in total. The van der Waals surface area contributed by atoms with Crippen molar-refractivity contribution in [2.45, 2.75) is 79.8 Å². The Labute approximate surface area is 409 Å². The van der Waals surface area contributed by atoms with Crippen molar-refractivity contribution < 1.29 is 43.2 Å². The Hall–Kier alpha value is -6.32. The normalized spacial score (nSPS) is 13.3. The van der Waals surface area contributed by atoms with Crippen LogP contribution >= 0.6 is 0 Å². The summed E-state index contributed by atoms with van der Waals surface area (Å²) in [7, 11) is -1.72. The summed E-state index contributed by atoms with van der Waals surface area (Å²) >= 11 is 0. The second-order valence-corrected chi connectivity index (χ2v) is 23.7. The number of hydrogen-bond acceptors (Lipinski definition) is 5. The topological polar surface area (TPSA) is 69.9 Å². The third-order valence-electron chi connectivity index (χ3n) is 12.4. The number of para-hydroxylation sites is 1. The first-order valence-corrected chi connectivity index (χ1v) is 25.6. The van der Waals surface area contributed by atoms with Crippen LogP contribution in [0.4, 0.5) is 8.78 Å². The van der Waals surface area contributed by atoms with Crippen molar-refractivity contribution in [1.82, 2.24) is 19.5 Å². The zero-order valence-electron chi connectivity index (χ0n) is 42.7. The fourth-order valence-corrected chi connectivity index (χ4v) is 10.7. The van der Waals surface area contributed by atoms with Gasteiger partial charge in [-0.3, -0.25) is 13.8 Å². The van der Waals surface area contributed by atoms with Crippen molar-refractivity contribution in [2.75, 3.05) is 0 Å². The molecule has 0 saturated heterocycles. The molecule has 0 fully saturated rings. The summed E-state index contributed by atoms with van der Waals surface area (Å²) < 4.78 is 75.6. The van der Waals surface area contributed by atoms with Crippen molar-refractivity contribution in [3.05, 3.63) is 161 Å². The van der Waals surface area contributed by atoms with Crippen LogP contribution in [0.2, 0.25) is 19.6 Å². The maximum Gasteiger partial charge on any atom is 0.216 e. The molecule has 10 heteroatoms. The van der Waals surface area contributed by atoms with Crippen LogP contribution in [0.15, 0.2) is 118 Å². The smallest absolute Gasteiger partial charge is 0.216 e. The average Bonchev–Trinajstić information content (AvgIpc) is 3.99. The molecule has 0 spiro atoms. The van der Waals surface area contributed by atoms with Gasteiger partial charge >= 0.3 is 0 Å². The first-order valence-electron chi connectivity index (χ1n) is 24.1. The van der Waals surface area contributed by atoms with Crippen molar-refractivity contribution >= 4 is 79.1 Å². The molecule has 0 amide bonds. The predicted molar refractivity (Wildman–Crippen MR) is 269 cm³/mol. The molecule has 0 aliphatic heterocycles. The van der Waals surface area contributed by atoms with Crippen LogP contribution < -0.4 is 5.19 Å². The SMILES string of the molecule is Cc1cc2c(oc3ccccc32)c(C)c1-n1c(-c2[c-]cc(F)c3c2oc2nc(C(C)C)ccc23)nc2cc3ccccc3cc21.[2H]C([2H])([2H])c1c[c-]c(-c2cc(C([2H])(C)C)c([Si](C)(C)C)cn2)c(F)c1.[Ir]. The first kappa shape index (κ1) is 40.9. The van der Waals surface area contributed by atoms with Crippen LogP contribution in [-0.2, 0) is 20.1 Å². The Morgan fingerprint density at radius 1 is 0.761 bits per heavy atom. The number of nitrogens with zero attached hydrogens (tertiary/aromatic N) is 4. The van der Waals surface area contributed by atoms with E-state index in [4.69, 9.17) is 24.3 Å². The number of fused-ring (bicyclic) bond motifs is 8. The first-order chi connectivity index (χ1) is 33.1. The van der Waals surface area contributed by atoms with E-state index in [1.54, 1.807) is 26.1 Å². The monoisotopic (exact) mass is 1090 g/mol. The molecule has 0 atom stereocenters. The second-order valence-electron chi connectivity index (χ2n) is 18.6. The Bertz CT molecular complexity index is 3900. The third kappa shape index (κ3) is 7.98. The molecule has 0 saturated carbocycles. The van der Waals surface area contributed by atoms with Gasteiger partial charge in [0.1, 0.15) is 11.2 Å². The summed E-state index contributed by atoms with van der Waals surface area (Å²) in [6, 6.07) is 38.0. The van der Waals surface area contributed by atoms with Gasteiger partial charge in [0.15, 0.2) is 0 Å². The quantitative estimate of drug-likeness (QED) is 0.123. The molecule has 1 radical (unpaired) electrons. The van der Waals surface area contributed by atoms with Gasteiger partial charge in [-0.15, -0.1) is 35.9 Å². The van der Waals surface area contributed by atoms with Gasteiger partial charge < -0.3 is 18.4 Å². The summed E-state index contributed by atoms with van der Waals surface area (Å²) in [6.07, 6.45) is 1.73. The molecular weight excluding hydrogens is 1030 g/mol. The molecule has 0 bridgehead atoms. The number of aryl methyl sites for hydroxylation is 3. The van der Waals surface area contributed by atoms with Crippen LogP contribution in [0.3, 0.4) is 0 Å². The number of aromatic nitrogens is 4. The molecule has 339 valence electrons. The molecule has 0 aliphatic carbocycles. The molecule has 5 heterocycles. The fraction of sp³-hybridized carbons (Fsp3) is 0.211. The van der Waals surface area contributed by atoms with Gasteiger partial charge in [0.25, 0.3) is 0 Å². The second kappa shape index (κ2) is 17.4. The predicted octanol–water partition coefficient (Wildman–Crippen LogP) is 15.4. The van der Waals surface area contributed by atoms with Crippen LogP contribution in [0.5, 0.6) is 0 Å². The Morgan fingerprint density at radius 3 is 2.21 bits per heavy atom. The third-order valence-corrected chi connectivity index (χ3v) is 14.4. The maximum absolute atomic E-state index is 15.6. The van der Waals surface area contributed by atoms with E-state index in [1.165, 1.54) is 12.1 Å². The van der Waals surface area contributed by atoms with Gasteiger partial charge in [-0.1, -0.05) is 119 Å². The number of pyridine rings is 2. The zero-order valence-corrected chi connectivity index (χ0v) is 42.1. The summed E-state index contributed by atoms with van der Waals surface area (Å²) in [6.45, 7) is 16.1.